The summed E-state index contributed by atoms with van der Waals surface area (Å²) in [5, 5.41) is 17.2. The summed E-state index contributed by atoms with van der Waals surface area (Å²) in [5.74, 6) is -0.0472. The number of hydrogen-bond donors (Lipinski definition) is 2. The van der Waals surface area contributed by atoms with Crippen LogP contribution in [0.4, 0.5) is 4.79 Å². The van der Waals surface area contributed by atoms with E-state index in [0.29, 0.717) is 37.6 Å². The number of carbonyl (C=O) groups excluding carboxylic acids is 1. The maximum atomic E-state index is 12.5. The average molecular weight is 394 g/mol. The van der Waals surface area contributed by atoms with Crippen molar-refractivity contribution in [3.63, 3.8) is 0 Å². The number of rotatable bonds is 10. The van der Waals surface area contributed by atoms with E-state index in [4.69, 9.17) is 0 Å². The van der Waals surface area contributed by atoms with Gasteiger partial charge in [-0.05, 0) is 12.8 Å². The molecule has 1 fully saturated rings. The van der Waals surface area contributed by atoms with Gasteiger partial charge in [-0.15, -0.1) is 0 Å². The summed E-state index contributed by atoms with van der Waals surface area (Å²) in [6, 6.07) is -0.0977. The van der Waals surface area contributed by atoms with E-state index in [2.05, 4.69) is 10.4 Å². The highest BCUT2D eigenvalue weighted by molar-refractivity contribution is 8.14. The lowest BCUT2D eigenvalue weighted by Gasteiger charge is -2.22. The molecule has 2 N–H and O–H groups in total. The van der Waals surface area contributed by atoms with Crippen molar-refractivity contribution in [2.45, 2.75) is 26.2 Å². The molecule has 0 radical (unpaired) electrons. The number of nitrogens with one attached hydrogen (secondary N) is 1. The zero-order chi connectivity index (χ0) is 18.4. The van der Waals surface area contributed by atoms with Crippen molar-refractivity contribution in [2.24, 2.45) is 11.0 Å². The molecule has 2 aliphatic heterocycles. The van der Waals surface area contributed by atoms with Crippen LogP contribution in [0, 0.1) is 5.92 Å². The SMILES string of the molecule is CCCCN(C)S(=O)(=O)N1CSC(C(CO)CCN2CCNC2=O)=N1. The van der Waals surface area contributed by atoms with Crippen LogP contribution in [-0.4, -0.2) is 83.9 Å². The number of hydrazone groups is 1. The second kappa shape index (κ2) is 9.06. The Morgan fingerprint density at radius 3 is 2.84 bits per heavy atom. The Balaban J connectivity index is 1.96. The third-order valence-corrected chi connectivity index (χ3v) is 7.24. The molecule has 0 aromatic heterocycles. The minimum absolute atomic E-state index is 0.0977. The van der Waals surface area contributed by atoms with Gasteiger partial charge in [-0.3, -0.25) is 0 Å². The van der Waals surface area contributed by atoms with E-state index in [0.717, 1.165) is 17.3 Å². The van der Waals surface area contributed by atoms with Crippen molar-refractivity contribution < 1.29 is 18.3 Å². The number of thioether (sulfide) groups is 1. The molecule has 0 saturated carbocycles. The summed E-state index contributed by atoms with van der Waals surface area (Å²) in [7, 11) is -2.07. The standard InChI is InChI=1S/C14H27N5O4S2/c1-3-4-7-17(2)25(22,23)19-11-24-13(16-19)12(10-20)5-8-18-9-6-15-14(18)21/h12,20H,3-11H2,1-2H3,(H,15,21). The summed E-state index contributed by atoms with van der Waals surface area (Å²) in [6.07, 6.45) is 2.26. The largest absolute Gasteiger partial charge is 0.396 e. The highest BCUT2D eigenvalue weighted by Gasteiger charge is 2.33. The molecule has 1 saturated heterocycles. The minimum atomic E-state index is -3.62. The van der Waals surface area contributed by atoms with Crippen molar-refractivity contribution >= 4 is 33.0 Å². The highest BCUT2D eigenvalue weighted by atomic mass is 32.2. The van der Waals surface area contributed by atoms with Gasteiger partial charge in [0, 0.05) is 39.1 Å². The van der Waals surface area contributed by atoms with Crippen molar-refractivity contribution in [3.05, 3.63) is 0 Å². The number of carbonyl (C=O) groups is 1. The Hall–Kier alpha value is -1.04. The first-order valence-corrected chi connectivity index (χ1v) is 10.9. The molecule has 1 atom stereocenters. The fourth-order valence-electron chi connectivity index (χ4n) is 2.59. The maximum Gasteiger partial charge on any atom is 0.319 e. The van der Waals surface area contributed by atoms with E-state index in [1.165, 1.54) is 16.1 Å². The molecule has 11 heteroatoms. The molecule has 0 aromatic carbocycles. The fourth-order valence-corrected chi connectivity index (χ4v) is 5.09. The first kappa shape index (κ1) is 20.3. The first-order valence-electron chi connectivity index (χ1n) is 8.49. The number of amides is 2. The Kier molecular flexibility index (Phi) is 7.35. The van der Waals surface area contributed by atoms with Gasteiger partial charge >= 0.3 is 16.2 Å². The van der Waals surface area contributed by atoms with Crippen LogP contribution in [0.5, 0.6) is 0 Å². The third kappa shape index (κ3) is 4.99. The van der Waals surface area contributed by atoms with Crippen LogP contribution in [0.2, 0.25) is 0 Å². The molecular weight excluding hydrogens is 366 g/mol. The topological polar surface area (TPSA) is 106 Å². The van der Waals surface area contributed by atoms with E-state index in [1.54, 1.807) is 11.9 Å². The van der Waals surface area contributed by atoms with Crippen molar-refractivity contribution in [1.29, 1.82) is 0 Å². The van der Waals surface area contributed by atoms with Crippen molar-refractivity contribution in [1.82, 2.24) is 18.9 Å². The molecule has 2 rings (SSSR count). The predicted octanol–water partition coefficient (Wildman–Crippen LogP) is 0.307. The van der Waals surface area contributed by atoms with Gasteiger partial charge in [-0.25, -0.2) is 4.79 Å². The van der Waals surface area contributed by atoms with Crippen LogP contribution in [-0.2, 0) is 10.2 Å². The molecule has 0 spiro atoms. The fraction of sp³-hybridized carbons (Fsp3) is 0.857. The number of aliphatic hydroxyl groups is 1. The number of unbranched alkanes of at least 4 members (excludes halogenated alkanes) is 1. The van der Waals surface area contributed by atoms with Gasteiger partial charge in [0.15, 0.2) is 0 Å². The van der Waals surface area contributed by atoms with E-state index in [1.807, 2.05) is 6.92 Å². The molecule has 0 aliphatic carbocycles. The lowest BCUT2D eigenvalue weighted by Crippen LogP contribution is -2.38. The first-order chi connectivity index (χ1) is 11.9. The molecule has 0 bridgehead atoms. The molecule has 1 unspecified atom stereocenters. The van der Waals surface area contributed by atoms with Crippen LogP contribution in [0.15, 0.2) is 5.10 Å². The normalized spacial score (nSPS) is 19.5. The van der Waals surface area contributed by atoms with Gasteiger partial charge < -0.3 is 15.3 Å². The van der Waals surface area contributed by atoms with Crippen molar-refractivity contribution in [3.8, 4) is 0 Å². The quantitative estimate of drug-likeness (QED) is 0.556. The molecule has 9 nitrogen and oxygen atoms in total. The number of nitrogens with zero attached hydrogens (tertiary/aromatic N) is 4. The van der Waals surface area contributed by atoms with E-state index < -0.39 is 10.2 Å². The van der Waals surface area contributed by atoms with Crippen LogP contribution in [0.25, 0.3) is 0 Å². The second-order valence-corrected chi connectivity index (χ2v) is 9.01. The lowest BCUT2D eigenvalue weighted by molar-refractivity contribution is 0.208. The molecular formula is C14H27N5O4S2. The van der Waals surface area contributed by atoms with Gasteiger partial charge in [0.05, 0.1) is 6.61 Å². The predicted molar refractivity (Wildman–Crippen MR) is 98.4 cm³/mol. The van der Waals surface area contributed by atoms with Crippen LogP contribution >= 0.6 is 11.8 Å². The van der Waals surface area contributed by atoms with E-state index in [9.17, 15) is 18.3 Å². The van der Waals surface area contributed by atoms with Crippen LogP contribution < -0.4 is 5.32 Å². The minimum Gasteiger partial charge on any atom is -0.396 e. The number of hydrogen-bond acceptors (Lipinski definition) is 6. The highest BCUT2D eigenvalue weighted by Crippen LogP contribution is 2.27. The molecule has 2 amide bonds. The Labute approximate surface area is 153 Å². The van der Waals surface area contributed by atoms with Crippen molar-refractivity contribution in [2.75, 3.05) is 45.7 Å². The zero-order valence-electron chi connectivity index (χ0n) is 14.7. The summed E-state index contributed by atoms with van der Waals surface area (Å²) in [4.78, 5) is 13.3. The third-order valence-electron chi connectivity index (χ3n) is 4.28. The van der Waals surface area contributed by atoms with Crippen LogP contribution in [0.3, 0.4) is 0 Å². The van der Waals surface area contributed by atoms with Gasteiger partial charge in [-0.1, -0.05) is 25.1 Å². The Morgan fingerprint density at radius 1 is 1.48 bits per heavy atom. The summed E-state index contributed by atoms with van der Waals surface area (Å²) in [5.41, 5.74) is 0. The molecule has 144 valence electrons. The maximum absolute atomic E-state index is 12.5. The summed E-state index contributed by atoms with van der Waals surface area (Å²) in [6.45, 7) is 4.14. The zero-order valence-corrected chi connectivity index (χ0v) is 16.4. The van der Waals surface area contributed by atoms with Gasteiger partial charge in [0.25, 0.3) is 0 Å². The molecule has 2 heterocycles. The average Bonchev–Trinajstić information content (AvgIpc) is 3.23. The second-order valence-electron chi connectivity index (χ2n) is 6.10. The molecule has 0 aromatic rings. The van der Waals surface area contributed by atoms with Gasteiger partial charge in [0.1, 0.15) is 10.9 Å². The summed E-state index contributed by atoms with van der Waals surface area (Å²) >= 11 is 1.33. The smallest absolute Gasteiger partial charge is 0.319 e. The van der Waals surface area contributed by atoms with E-state index in [-0.39, 0.29) is 24.4 Å². The lowest BCUT2D eigenvalue weighted by atomic mass is 10.1. The number of aliphatic hydroxyl groups excluding tert-OH is 1. The Bertz CT molecular complexity index is 598. The van der Waals surface area contributed by atoms with E-state index >= 15 is 0 Å². The monoisotopic (exact) mass is 393 g/mol. The summed E-state index contributed by atoms with van der Waals surface area (Å²) < 4.78 is 27.4. The molecule has 2 aliphatic rings. The van der Waals surface area contributed by atoms with Gasteiger partial charge in [-0.2, -0.15) is 22.2 Å². The Morgan fingerprint density at radius 2 is 2.24 bits per heavy atom. The van der Waals surface area contributed by atoms with Gasteiger partial charge in [0.2, 0.25) is 0 Å². The molecule has 25 heavy (non-hydrogen) atoms. The van der Waals surface area contributed by atoms with Crippen LogP contribution in [0.1, 0.15) is 26.2 Å². The number of urea groups is 1.